The van der Waals surface area contributed by atoms with Crippen LogP contribution in [-0.2, 0) is 0 Å². The first kappa shape index (κ1) is 12.8. The maximum Gasteiger partial charge on any atom is 0.112 e. The maximum atomic E-state index is 4.31. The third-order valence-corrected chi connectivity index (χ3v) is 2.59. The van der Waals surface area contributed by atoms with Crippen LogP contribution >= 0.6 is 0 Å². The molecule has 0 N–H and O–H groups in total. The van der Waals surface area contributed by atoms with E-state index < -0.39 is 0 Å². The van der Waals surface area contributed by atoms with Gasteiger partial charge in [-0.3, -0.25) is 9.98 Å². The standard InChI is InChI=1S/C17H14N2/c1-3-4-7-15(18-2)11-10-14-12-13-19-17-9-6-5-8-16(14)17/h3-9,12-13H,2H2,1H3. The molecule has 0 amide bonds. The summed E-state index contributed by atoms with van der Waals surface area (Å²) < 4.78 is 0. The molecular formula is C17H14N2. The zero-order valence-corrected chi connectivity index (χ0v) is 10.8. The van der Waals surface area contributed by atoms with Crippen LogP contribution in [0.1, 0.15) is 12.5 Å². The Kier molecular flexibility index (Phi) is 4.25. The van der Waals surface area contributed by atoms with Crippen LogP contribution in [0.25, 0.3) is 10.9 Å². The summed E-state index contributed by atoms with van der Waals surface area (Å²) in [5.41, 5.74) is 2.54. The highest BCUT2D eigenvalue weighted by atomic mass is 14.7. The first-order valence-electron chi connectivity index (χ1n) is 6.00. The number of pyridine rings is 1. The second kappa shape index (κ2) is 6.32. The van der Waals surface area contributed by atoms with Gasteiger partial charge in [-0.1, -0.05) is 36.3 Å². The quantitative estimate of drug-likeness (QED) is 0.450. The molecule has 2 nitrogen and oxygen atoms in total. The maximum absolute atomic E-state index is 4.31. The normalized spacial score (nSPS) is 11.3. The van der Waals surface area contributed by atoms with Crippen LogP contribution < -0.4 is 0 Å². The highest BCUT2D eigenvalue weighted by Gasteiger charge is 1.97. The van der Waals surface area contributed by atoms with E-state index in [1.807, 2.05) is 55.5 Å². The van der Waals surface area contributed by atoms with E-state index in [4.69, 9.17) is 0 Å². The Morgan fingerprint density at radius 3 is 2.95 bits per heavy atom. The van der Waals surface area contributed by atoms with E-state index in [1.54, 1.807) is 6.20 Å². The van der Waals surface area contributed by atoms with Gasteiger partial charge in [-0.05, 0) is 37.8 Å². The van der Waals surface area contributed by atoms with Gasteiger partial charge in [0.05, 0.1) is 5.52 Å². The summed E-state index contributed by atoms with van der Waals surface area (Å²) in [6, 6.07) is 9.85. The van der Waals surface area contributed by atoms with E-state index >= 15 is 0 Å². The molecule has 0 aliphatic carbocycles. The zero-order valence-electron chi connectivity index (χ0n) is 10.8. The van der Waals surface area contributed by atoms with Gasteiger partial charge in [-0.15, -0.1) is 0 Å². The summed E-state index contributed by atoms with van der Waals surface area (Å²) in [7, 11) is 0. The summed E-state index contributed by atoms with van der Waals surface area (Å²) in [6.45, 7) is 5.47. The minimum atomic E-state index is 0.652. The van der Waals surface area contributed by atoms with Gasteiger partial charge >= 0.3 is 0 Å². The van der Waals surface area contributed by atoms with E-state index in [9.17, 15) is 0 Å². The van der Waals surface area contributed by atoms with Crippen LogP contribution in [0, 0.1) is 11.8 Å². The Bertz CT molecular complexity index is 707. The van der Waals surface area contributed by atoms with Crippen LogP contribution in [0.3, 0.4) is 0 Å². The van der Waals surface area contributed by atoms with E-state index in [0.29, 0.717) is 5.70 Å². The summed E-state index contributed by atoms with van der Waals surface area (Å²) in [5, 5.41) is 1.05. The number of rotatable bonds is 2. The van der Waals surface area contributed by atoms with Crippen molar-refractivity contribution in [1.82, 2.24) is 4.98 Å². The number of allylic oxidation sites excluding steroid dienone is 4. The average Bonchev–Trinajstić information content (AvgIpc) is 2.47. The Hall–Kier alpha value is -2.66. The van der Waals surface area contributed by atoms with Gasteiger partial charge in [-0.2, -0.15) is 0 Å². The number of aliphatic imine (C=N–C) groups is 1. The van der Waals surface area contributed by atoms with Gasteiger partial charge in [0, 0.05) is 17.1 Å². The lowest BCUT2D eigenvalue weighted by atomic mass is 10.1. The van der Waals surface area contributed by atoms with Gasteiger partial charge in [0.2, 0.25) is 0 Å². The molecule has 92 valence electrons. The van der Waals surface area contributed by atoms with Crippen LogP contribution in [0.5, 0.6) is 0 Å². The molecule has 0 saturated heterocycles. The molecule has 19 heavy (non-hydrogen) atoms. The smallest absolute Gasteiger partial charge is 0.112 e. The fourth-order valence-electron chi connectivity index (χ4n) is 1.66. The third kappa shape index (κ3) is 3.17. The molecule has 2 aromatic rings. The van der Waals surface area contributed by atoms with Crippen LogP contribution in [0.15, 0.2) is 65.4 Å². The van der Waals surface area contributed by atoms with Crippen molar-refractivity contribution in [3.8, 4) is 11.8 Å². The fraction of sp³-hybridized carbons (Fsp3) is 0.0588. The van der Waals surface area contributed by atoms with Crippen molar-refractivity contribution in [2.24, 2.45) is 4.99 Å². The first-order chi connectivity index (χ1) is 9.35. The molecule has 0 saturated carbocycles. The summed E-state index contributed by atoms with van der Waals surface area (Å²) in [5.74, 6) is 6.14. The lowest BCUT2D eigenvalue weighted by molar-refractivity contribution is 1.40. The predicted octanol–water partition coefficient (Wildman–Crippen LogP) is 3.75. The largest absolute Gasteiger partial charge is 0.256 e. The molecule has 1 aromatic carbocycles. The van der Waals surface area contributed by atoms with Gasteiger partial charge in [0.1, 0.15) is 5.70 Å². The summed E-state index contributed by atoms with van der Waals surface area (Å²) >= 11 is 0. The van der Waals surface area contributed by atoms with Crippen molar-refractivity contribution in [1.29, 1.82) is 0 Å². The SMILES string of the molecule is C=NC(C#Cc1ccnc2ccccc12)=CC=CC. The number of para-hydroxylation sites is 1. The lowest BCUT2D eigenvalue weighted by Crippen LogP contribution is -1.83. The van der Waals surface area contributed by atoms with Crippen molar-refractivity contribution in [2.75, 3.05) is 0 Å². The number of aromatic nitrogens is 1. The molecule has 0 radical (unpaired) electrons. The third-order valence-electron chi connectivity index (χ3n) is 2.59. The Labute approximate surface area is 113 Å². The van der Waals surface area contributed by atoms with Crippen molar-refractivity contribution >= 4 is 17.6 Å². The Balaban J connectivity index is 2.45. The molecule has 0 fully saturated rings. The molecule has 0 aliphatic heterocycles. The molecule has 2 rings (SSSR count). The average molecular weight is 246 g/mol. The number of hydrogen-bond donors (Lipinski definition) is 0. The lowest BCUT2D eigenvalue weighted by Gasteiger charge is -1.98. The Morgan fingerprint density at radius 1 is 1.32 bits per heavy atom. The molecule has 0 atom stereocenters. The zero-order chi connectivity index (χ0) is 13.5. The minimum Gasteiger partial charge on any atom is -0.256 e. The number of benzene rings is 1. The predicted molar refractivity (Wildman–Crippen MR) is 81.1 cm³/mol. The number of hydrogen-bond acceptors (Lipinski definition) is 2. The van der Waals surface area contributed by atoms with E-state index in [1.165, 1.54) is 0 Å². The monoisotopic (exact) mass is 246 g/mol. The molecule has 1 aromatic heterocycles. The van der Waals surface area contributed by atoms with E-state index in [2.05, 4.69) is 28.5 Å². The van der Waals surface area contributed by atoms with Crippen LogP contribution in [0.2, 0.25) is 0 Å². The van der Waals surface area contributed by atoms with Gasteiger partial charge < -0.3 is 0 Å². The molecule has 0 bridgehead atoms. The fourth-order valence-corrected chi connectivity index (χ4v) is 1.66. The molecule has 0 aliphatic rings. The molecule has 0 spiro atoms. The van der Waals surface area contributed by atoms with Gasteiger partial charge in [0.25, 0.3) is 0 Å². The van der Waals surface area contributed by atoms with Crippen molar-refractivity contribution in [2.45, 2.75) is 6.92 Å². The van der Waals surface area contributed by atoms with E-state index in [0.717, 1.165) is 16.5 Å². The van der Waals surface area contributed by atoms with Crippen LogP contribution in [-0.4, -0.2) is 11.7 Å². The second-order valence-electron chi connectivity index (χ2n) is 3.86. The Morgan fingerprint density at radius 2 is 2.16 bits per heavy atom. The van der Waals surface area contributed by atoms with Gasteiger partial charge in [-0.25, -0.2) is 0 Å². The molecule has 1 heterocycles. The van der Waals surface area contributed by atoms with E-state index in [-0.39, 0.29) is 0 Å². The summed E-state index contributed by atoms with van der Waals surface area (Å²) in [4.78, 5) is 8.20. The second-order valence-corrected chi connectivity index (χ2v) is 3.86. The molecular weight excluding hydrogens is 232 g/mol. The molecule has 2 heteroatoms. The van der Waals surface area contributed by atoms with Crippen molar-refractivity contribution < 1.29 is 0 Å². The number of nitrogens with zero attached hydrogens (tertiary/aromatic N) is 2. The highest BCUT2D eigenvalue weighted by molar-refractivity contribution is 5.84. The first-order valence-corrected chi connectivity index (χ1v) is 6.00. The van der Waals surface area contributed by atoms with Crippen molar-refractivity contribution in [3.05, 3.63) is 66.0 Å². The van der Waals surface area contributed by atoms with Crippen molar-refractivity contribution in [3.63, 3.8) is 0 Å². The van der Waals surface area contributed by atoms with Gasteiger partial charge in [0.15, 0.2) is 0 Å². The molecule has 0 unspecified atom stereocenters. The van der Waals surface area contributed by atoms with Crippen LogP contribution in [0.4, 0.5) is 0 Å². The topological polar surface area (TPSA) is 25.2 Å². The summed E-state index contributed by atoms with van der Waals surface area (Å²) in [6.07, 6.45) is 7.42. The highest BCUT2D eigenvalue weighted by Crippen LogP contribution is 2.15. The minimum absolute atomic E-state index is 0.652. The number of fused-ring (bicyclic) bond motifs is 1.